The van der Waals surface area contributed by atoms with Crippen molar-refractivity contribution in [2.75, 3.05) is 0 Å². The van der Waals surface area contributed by atoms with Crippen LogP contribution in [0.15, 0.2) is 17.3 Å². The molecular weight excluding hydrogens is 286 g/mol. The van der Waals surface area contributed by atoms with Gasteiger partial charge in [-0.3, -0.25) is 0 Å². The Bertz CT molecular complexity index is 532. The number of aromatic nitrogens is 2. The van der Waals surface area contributed by atoms with E-state index in [0.29, 0.717) is 11.8 Å². The third-order valence-electron chi connectivity index (χ3n) is 3.92. The van der Waals surface area contributed by atoms with Crippen molar-refractivity contribution in [3.05, 3.63) is 17.7 Å². The standard InChI is InChI=1S/C12H18ClN3O2S/c1-8-4-3-5-11(9(8)2)16-19(17,18)10-6-14-12(13)15-7-10/h6-9,11,16H,3-5H2,1-2H3. The Hall–Kier alpha value is -0.720. The van der Waals surface area contributed by atoms with E-state index >= 15 is 0 Å². The molecule has 19 heavy (non-hydrogen) atoms. The van der Waals surface area contributed by atoms with Crippen LogP contribution in [0.5, 0.6) is 0 Å². The summed E-state index contributed by atoms with van der Waals surface area (Å²) in [7, 11) is -3.57. The Morgan fingerprint density at radius 1 is 1.26 bits per heavy atom. The minimum Gasteiger partial charge on any atom is -0.225 e. The van der Waals surface area contributed by atoms with Crippen LogP contribution in [0.3, 0.4) is 0 Å². The minimum atomic E-state index is -3.57. The van der Waals surface area contributed by atoms with Crippen LogP contribution in [-0.2, 0) is 10.0 Å². The fourth-order valence-corrected chi connectivity index (χ4v) is 3.80. The van der Waals surface area contributed by atoms with Gasteiger partial charge in [0.15, 0.2) is 0 Å². The summed E-state index contributed by atoms with van der Waals surface area (Å²) >= 11 is 5.56. The number of nitrogens with zero attached hydrogens (tertiary/aromatic N) is 2. The van der Waals surface area contributed by atoms with Crippen molar-refractivity contribution in [3.63, 3.8) is 0 Å². The van der Waals surface area contributed by atoms with Crippen molar-refractivity contribution < 1.29 is 8.42 Å². The molecule has 0 amide bonds. The molecule has 1 aliphatic carbocycles. The lowest BCUT2D eigenvalue weighted by Gasteiger charge is -2.34. The van der Waals surface area contributed by atoms with Gasteiger partial charge in [-0.2, -0.15) is 0 Å². The summed E-state index contributed by atoms with van der Waals surface area (Å²) in [6, 6.07) is -0.0237. The molecule has 0 saturated heterocycles. The first-order chi connectivity index (χ1) is 8.90. The third kappa shape index (κ3) is 3.43. The van der Waals surface area contributed by atoms with Gasteiger partial charge in [0, 0.05) is 6.04 Å². The van der Waals surface area contributed by atoms with Crippen molar-refractivity contribution in [1.29, 1.82) is 0 Å². The van der Waals surface area contributed by atoms with Crippen LogP contribution in [0.4, 0.5) is 0 Å². The van der Waals surface area contributed by atoms with Gasteiger partial charge in [-0.05, 0) is 29.9 Å². The second-order valence-corrected chi connectivity index (χ2v) is 7.23. The monoisotopic (exact) mass is 303 g/mol. The summed E-state index contributed by atoms with van der Waals surface area (Å²) in [5, 5.41) is 0.0404. The molecule has 7 heteroatoms. The number of hydrogen-bond donors (Lipinski definition) is 1. The van der Waals surface area contributed by atoms with E-state index in [-0.39, 0.29) is 16.2 Å². The van der Waals surface area contributed by atoms with E-state index in [1.54, 1.807) is 0 Å². The maximum absolute atomic E-state index is 12.2. The summed E-state index contributed by atoms with van der Waals surface area (Å²) in [5.41, 5.74) is 0. The quantitative estimate of drug-likeness (QED) is 0.869. The van der Waals surface area contributed by atoms with Crippen LogP contribution < -0.4 is 4.72 Å². The van der Waals surface area contributed by atoms with Gasteiger partial charge in [0.2, 0.25) is 15.3 Å². The molecule has 0 bridgehead atoms. The SMILES string of the molecule is CC1CCCC(NS(=O)(=O)c2cnc(Cl)nc2)C1C. The first-order valence-electron chi connectivity index (χ1n) is 6.40. The number of sulfonamides is 1. The van der Waals surface area contributed by atoms with Crippen LogP contribution >= 0.6 is 11.6 Å². The van der Waals surface area contributed by atoms with E-state index in [9.17, 15) is 8.42 Å². The molecule has 1 N–H and O–H groups in total. The summed E-state index contributed by atoms with van der Waals surface area (Å²) < 4.78 is 27.2. The van der Waals surface area contributed by atoms with Gasteiger partial charge in [-0.25, -0.2) is 23.1 Å². The molecule has 3 unspecified atom stereocenters. The highest BCUT2D eigenvalue weighted by Gasteiger charge is 2.30. The predicted octanol–water partition coefficient (Wildman–Crippen LogP) is 2.23. The average molecular weight is 304 g/mol. The minimum absolute atomic E-state index is 0.0237. The highest BCUT2D eigenvalue weighted by atomic mass is 35.5. The first kappa shape index (κ1) is 14.7. The summed E-state index contributed by atoms with van der Waals surface area (Å²) in [6.45, 7) is 4.26. The van der Waals surface area contributed by atoms with Gasteiger partial charge in [-0.1, -0.05) is 26.7 Å². The smallest absolute Gasteiger partial charge is 0.225 e. The zero-order valence-electron chi connectivity index (χ0n) is 11.0. The van der Waals surface area contributed by atoms with Gasteiger partial charge in [-0.15, -0.1) is 0 Å². The van der Waals surface area contributed by atoms with Gasteiger partial charge < -0.3 is 0 Å². The Balaban J connectivity index is 2.15. The average Bonchev–Trinajstić information content (AvgIpc) is 2.35. The van der Waals surface area contributed by atoms with Crippen LogP contribution in [-0.4, -0.2) is 24.4 Å². The second-order valence-electron chi connectivity index (χ2n) is 5.18. The predicted molar refractivity (Wildman–Crippen MR) is 73.3 cm³/mol. The van der Waals surface area contributed by atoms with Crippen molar-refractivity contribution in [1.82, 2.24) is 14.7 Å². The number of rotatable bonds is 3. The molecule has 0 radical (unpaired) electrons. The molecule has 3 atom stereocenters. The molecule has 1 heterocycles. The van der Waals surface area contributed by atoms with E-state index in [2.05, 4.69) is 28.5 Å². The zero-order chi connectivity index (χ0) is 14.0. The van der Waals surface area contributed by atoms with Gasteiger partial charge >= 0.3 is 0 Å². The Labute approximate surface area is 118 Å². The molecule has 2 rings (SSSR count). The molecular formula is C12H18ClN3O2S. The van der Waals surface area contributed by atoms with E-state index < -0.39 is 10.0 Å². The van der Waals surface area contributed by atoms with E-state index in [4.69, 9.17) is 11.6 Å². The largest absolute Gasteiger partial charge is 0.243 e. The van der Waals surface area contributed by atoms with Crippen molar-refractivity contribution in [3.8, 4) is 0 Å². The zero-order valence-corrected chi connectivity index (χ0v) is 12.6. The van der Waals surface area contributed by atoms with Crippen molar-refractivity contribution >= 4 is 21.6 Å². The molecule has 1 aromatic heterocycles. The molecule has 1 aliphatic rings. The first-order valence-corrected chi connectivity index (χ1v) is 8.26. The van der Waals surface area contributed by atoms with Gasteiger partial charge in [0.25, 0.3) is 0 Å². The van der Waals surface area contributed by atoms with Crippen LogP contribution in [0, 0.1) is 11.8 Å². The van der Waals surface area contributed by atoms with Crippen molar-refractivity contribution in [2.45, 2.75) is 44.0 Å². The number of nitrogens with one attached hydrogen (secondary N) is 1. The molecule has 1 fully saturated rings. The highest BCUT2D eigenvalue weighted by molar-refractivity contribution is 7.89. The van der Waals surface area contributed by atoms with E-state index in [1.807, 2.05) is 0 Å². The normalized spacial score (nSPS) is 28.3. The maximum Gasteiger partial charge on any atom is 0.243 e. The van der Waals surface area contributed by atoms with Gasteiger partial charge in [0.05, 0.1) is 12.4 Å². The van der Waals surface area contributed by atoms with Crippen LogP contribution in [0.1, 0.15) is 33.1 Å². The topological polar surface area (TPSA) is 72.0 Å². The lowest BCUT2D eigenvalue weighted by atomic mass is 9.78. The second kappa shape index (κ2) is 5.73. The molecule has 0 spiro atoms. The maximum atomic E-state index is 12.2. The summed E-state index contributed by atoms with van der Waals surface area (Å²) in [4.78, 5) is 7.47. The summed E-state index contributed by atoms with van der Waals surface area (Å²) in [6.07, 6.45) is 5.54. The third-order valence-corrected chi connectivity index (χ3v) is 5.56. The highest BCUT2D eigenvalue weighted by Crippen LogP contribution is 2.30. The molecule has 1 aromatic rings. The van der Waals surface area contributed by atoms with E-state index in [0.717, 1.165) is 19.3 Å². The lowest BCUT2D eigenvalue weighted by molar-refractivity contribution is 0.227. The molecule has 1 saturated carbocycles. The molecule has 0 aromatic carbocycles. The van der Waals surface area contributed by atoms with Crippen LogP contribution in [0.25, 0.3) is 0 Å². The Morgan fingerprint density at radius 2 is 1.89 bits per heavy atom. The van der Waals surface area contributed by atoms with Crippen molar-refractivity contribution in [2.24, 2.45) is 11.8 Å². The number of halogens is 1. The molecule has 0 aliphatic heterocycles. The fraction of sp³-hybridized carbons (Fsp3) is 0.667. The van der Waals surface area contributed by atoms with Gasteiger partial charge in [0.1, 0.15) is 4.90 Å². The number of hydrogen-bond acceptors (Lipinski definition) is 4. The lowest BCUT2D eigenvalue weighted by Crippen LogP contribution is -2.43. The van der Waals surface area contributed by atoms with Crippen LogP contribution in [0.2, 0.25) is 5.28 Å². The fourth-order valence-electron chi connectivity index (χ4n) is 2.45. The molecule has 106 valence electrons. The Morgan fingerprint density at radius 3 is 2.53 bits per heavy atom. The molecule has 5 nitrogen and oxygen atoms in total. The summed E-state index contributed by atoms with van der Waals surface area (Å²) in [5.74, 6) is 0.861. The van der Waals surface area contributed by atoms with E-state index in [1.165, 1.54) is 12.4 Å². The Kier molecular flexibility index (Phi) is 4.43.